The van der Waals surface area contributed by atoms with Crippen LogP contribution >= 0.6 is 11.3 Å². The van der Waals surface area contributed by atoms with Crippen LogP contribution in [0, 0.1) is 0 Å². The third-order valence-corrected chi connectivity index (χ3v) is 4.60. The number of thiophene rings is 1. The van der Waals surface area contributed by atoms with Crippen molar-refractivity contribution in [3.05, 3.63) is 16.8 Å². The molecule has 1 N–H and O–H groups in total. The van der Waals surface area contributed by atoms with E-state index in [1.54, 1.807) is 16.2 Å². The van der Waals surface area contributed by atoms with Gasteiger partial charge in [0.15, 0.2) is 0 Å². The molecule has 2 fully saturated rings. The van der Waals surface area contributed by atoms with Crippen molar-refractivity contribution in [2.24, 2.45) is 0 Å². The van der Waals surface area contributed by atoms with Crippen LogP contribution in [-0.2, 0) is 9.59 Å². The Morgan fingerprint density at radius 2 is 2.32 bits per heavy atom. The van der Waals surface area contributed by atoms with Gasteiger partial charge < -0.3 is 14.9 Å². The molecule has 0 aliphatic carbocycles. The van der Waals surface area contributed by atoms with Crippen LogP contribution in [0.25, 0.3) is 0 Å². The van der Waals surface area contributed by atoms with Gasteiger partial charge in [0, 0.05) is 24.8 Å². The number of anilines is 1. The van der Waals surface area contributed by atoms with E-state index in [-0.39, 0.29) is 36.9 Å². The van der Waals surface area contributed by atoms with Crippen LogP contribution in [0.3, 0.4) is 0 Å². The Bertz CT molecular complexity index is 488. The first-order valence-corrected chi connectivity index (χ1v) is 7.41. The highest BCUT2D eigenvalue weighted by atomic mass is 32.1. The first-order valence-electron chi connectivity index (χ1n) is 6.47. The molecule has 6 heteroatoms. The fraction of sp³-hybridized carbons (Fsp3) is 0.538. The second kappa shape index (κ2) is 4.94. The third kappa shape index (κ3) is 2.04. The number of rotatable bonds is 3. The zero-order valence-corrected chi connectivity index (χ0v) is 11.3. The lowest BCUT2D eigenvalue weighted by atomic mass is 10.1. The lowest BCUT2D eigenvalue weighted by Crippen LogP contribution is -2.40. The van der Waals surface area contributed by atoms with E-state index in [1.165, 1.54) is 0 Å². The predicted molar refractivity (Wildman–Crippen MR) is 72.0 cm³/mol. The fourth-order valence-electron chi connectivity index (χ4n) is 3.13. The molecule has 2 aliphatic heterocycles. The van der Waals surface area contributed by atoms with Gasteiger partial charge in [0.2, 0.25) is 11.8 Å². The van der Waals surface area contributed by atoms with E-state index in [9.17, 15) is 9.59 Å². The molecule has 1 aromatic rings. The number of hydrogen-bond donors (Lipinski definition) is 1. The van der Waals surface area contributed by atoms with Crippen molar-refractivity contribution in [2.75, 3.05) is 18.1 Å². The second-order valence-corrected chi connectivity index (χ2v) is 5.71. The lowest BCUT2D eigenvalue weighted by molar-refractivity contribution is -0.132. The molecule has 0 aromatic carbocycles. The molecule has 102 valence electrons. The molecule has 0 unspecified atom stereocenters. The molecule has 2 aliphatic rings. The summed E-state index contributed by atoms with van der Waals surface area (Å²) in [6.07, 6.45) is 1.37. The van der Waals surface area contributed by atoms with Gasteiger partial charge in [0.25, 0.3) is 0 Å². The Hall–Kier alpha value is -1.40. The van der Waals surface area contributed by atoms with E-state index in [4.69, 9.17) is 5.11 Å². The summed E-state index contributed by atoms with van der Waals surface area (Å²) in [6.45, 7) is 0.553. The van der Waals surface area contributed by atoms with E-state index in [1.807, 2.05) is 21.7 Å². The van der Waals surface area contributed by atoms with Crippen LogP contribution in [0.4, 0.5) is 5.69 Å². The summed E-state index contributed by atoms with van der Waals surface area (Å²) in [4.78, 5) is 27.7. The summed E-state index contributed by atoms with van der Waals surface area (Å²) >= 11 is 1.57. The number of likely N-dealkylation sites (tertiary alicyclic amines) is 1. The summed E-state index contributed by atoms with van der Waals surface area (Å²) < 4.78 is 0. The highest BCUT2D eigenvalue weighted by Gasteiger charge is 2.48. The van der Waals surface area contributed by atoms with E-state index in [0.29, 0.717) is 13.0 Å². The van der Waals surface area contributed by atoms with Crippen molar-refractivity contribution in [1.82, 2.24) is 4.90 Å². The number of aliphatic hydroxyl groups excluding tert-OH is 1. The Morgan fingerprint density at radius 1 is 1.47 bits per heavy atom. The summed E-state index contributed by atoms with van der Waals surface area (Å²) in [7, 11) is 0. The molecule has 19 heavy (non-hydrogen) atoms. The Morgan fingerprint density at radius 3 is 3.00 bits per heavy atom. The number of hydrogen-bond acceptors (Lipinski definition) is 4. The van der Waals surface area contributed by atoms with E-state index in [2.05, 4.69) is 0 Å². The maximum absolute atomic E-state index is 12.2. The number of aliphatic hydroxyl groups is 1. The number of nitrogens with zero attached hydrogens (tertiary/aromatic N) is 2. The summed E-state index contributed by atoms with van der Waals surface area (Å²) in [5.41, 5.74) is 0.943. The minimum Gasteiger partial charge on any atom is -0.396 e. The summed E-state index contributed by atoms with van der Waals surface area (Å²) in [6, 6.07) is 2.03. The standard InChI is InChI=1S/C13H16N2O3S/c16-5-2-12(17)14-4-1-10-11(14)7-13(18)15(10)9-3-6-19-8-9/h3,6,8,10-11,16H,1-2,4-5,7H2/t10-,11-/m1/s1. The molecular formula is C13H16N2O3S. The van der Waals surface area contributed by atoms with Crippen molar-refractivity contribution >= 4 is 28.8 Å². The first-order chi connectivity index (χ1) is 9.22. The fourth-order valence-corrected chi connectivity index (χ4v) is 3.75. The van der Waals surface area contributed by atoms with Gasteiger partial charge in [-0.1, -0.05) is 0 Å². The average molecular weight is 280 g/mol. The largest absolute Gasteiger partial charge is 0.396 e. The van der Waals surface area contributed by atoms with Gasteiger partial charge in [-0.15, -0.1) is 0 Å². The minimum atomic E-state index is -0.130. The Kier molecular flexibility index (Phi) is 3.28. The van der Waals surface area contributed by atoms with Gasteiger partial charge in [-0.2, -0.15) is 11.3 Å². The molecule has 2 saturated heterocycles. The maximum atomic E-state index is 12.2. The van der Waals surface area contributed by atoms with Crippen molar-refractivity contribution in [3.63, 3.8) is 0 Å². The molecule has 1 aromatic heterocycles. The predicted octanol–water partition coefficient (Wildman–Crippen LogP) is 0.837. The van der Waals surface area contributed by atoms with Gasteiger partial charge in [-0.25, -0.2) is 0 Å². The van der Waals surface area contributed by atoms with E-state index in [0.717, 1.165) is 12.1 Å². The minimum absolute atomic E-state index is 0.0218. The molecule has 0 radical (unpaired) electrons. The van der Waals surface area contributed by atoms with Crippen molar-refractivity contribution < 1.29 is 14.7 Å². The molecule has 5 nitrogen and oxygen atoms in total. The maximum Gasteiger partial charge on any atom is 0.229 e. The average Bonchev–Trinajstić information content (AvgIpc) is 3.04. The van der Waals surface area contributed by atoms with Crippen LogP contribution in [0.2, 0.25) is 0 Å². The van der Waals surface area contributed by atoms with Gasteiger partial charge >= 0.3 is 0 Å². The van der Waals surface area contributed by atoms with Crippen molar-refractivity contribution in [1.29, 1.82) is 0 Å². The number of carbonyl (C=O) groups is 2. The van der Waals surface area contributed by atoms with E-state index >= 15 is 0 Å². The summed E-state index contributed by atoms with van der Waals surface area (Å²) in [5, 5.41) is 12.8. The van der Waals surface area contributed by atoms with Crippen molar-refractivity contribution in [2.45, 2.75) is 31.3 Å². The van der Waals surface area contributed by atoms with Crippen LogP contribution < -0.4 is 4.90 Å². The van der Waals surface area contributed by atoms with Gasteiger partial charge in [-0.3, -0.25) is 9.59 Å². The van der Waals surface area contributed by atoms with Gasteiger partial charge in [0.05, 0.1) is 24.4 Å². The third-order valence-electron chi connectivity index (χ3n) is 3.92. The molecule has 0 spiro atoms. The van der Waals surface area contributed by atoms with E-state index < -0.39 is 0 Å². The van der Waals surface area contributed by atoms with Gasteiger partial charge in [-0.05, 0) is 17.9 Å². The van der Waals surface area contributed by atoms with Crippen LogP contribution in [-0.4, -0.2) is 47.1 Å². The van der Waals surface area contributed by atoms with Crippen LogP contribution in [0.1, 0.15) is 19.3 Å². The monoisotopic (exact) mass is 280 g/mol. The zero-order valence-electron chi connectivity index (χ0n) is 10.5. The molecule has 3 rings (SSSR count). The number of fused-ring (bicyclic) bond motifs is 1. The molecule has 2 amide bonds. The Balaban J connectivity index is 1.80. The van der Waals surface area contributed by atoms with Crippen molar-refractivity contribution in [3.8, 4) is 0 Å². The smallest absolute Gasteiger partial charge is 0.229 e. The molecule has 0 bridgehead atoms. The highest BCUT2D eigenvalue weighted by molar-refractivity contribution is 7.08. The number of carbonyl (C=O) groups excluding carboxylic acids is 2. The van der Waals surface area contributed by atoms with Crippen LogP contribution in [0.5, 0.6) is 0 Å². The van der Waals surface area contributed by atoms with Crippen LogP contribution in [0.15, 0.2) is 16.8 Å². The molecule has 2 atom stereocenters. The Labute approximate surface area is 115 Å². The normalized spacial score (nSPS) is 26.1. The summed E-state index contributed by atoms with van der Waals surface area (Å²) in [5.74, 6) is 0.0462. The molecular weight excluding hydrogens is 264 g/mol. The zero-order chi connectivity index (χ0) is 13.4. The molecule has 0 saturated carbocycles. The highest BCUT2D eigenvalue weighted by Crippen LogP contribution is 2.36. The number of amides is 2. The van der Waals surface area contributed by atoms with Gasteiger partial charge in [0.1, 0.15) is 0 Å². The topological polar surface area (TPSA) is 60.9 Å². The SMILES string of the molecule is O=C(CCO)N1CC[C@@H]2[C@H]1CC(=O)N2c1ccsc1. The molecule has 3 heterocycles. The lowest BCUT2D eigenvalue weighted by Gasteiger charge is -2.24. The quantitative estimate of drug-likeness (QED) is 0.892. The first kappa shape index (κ1) is 12.6. The second-order valence-electron chi connectivity index (χ2n) is 4.93.